The number of aromatic nitrogens is 6. The molecule has 0 aliphatic heterocycles. The molecule has 0 radical (unpaired) electrons. The van der Waals surface area contributed by atoms with Crippen LogP contribution in [0, 0.1) is 0 Å². The first-order valence-electron chi connectivity index (χ1n) is 11.4. The quantitative estimate of drug-likeness (QED) is 0.200. The first kappa shape index (κ1) is 22.3. The van der Waals surface area contributed by atoms with Crippen molar-refractivity contribution < 1.29 is 29.0 Å². The second kappa shape index (κ2) is 8.31. The molecule has 3 heterocycles. The molecule has 0 saturated carbocycles. The third kappa shape index (κ3) is 3.50. The van der Waals surface area contributed by atoms with Crippen LogP contribution in [-0.4, -0.2) is 53.9 Å². The van der Waals surface area contributed by atoms with Crippen LogP contribution in [0.4, 0.5) is 0 Å². The minimum absolute atomic E-state index is 0.0639. The molecule has 7 aromatic rings. The molecular weight excluding hydrogens is 504 g/mol. The molecule has 0 aliphatic carbocycles. The maximum atomic E-state index is 11.6. The summed E-state index contributed by atoms with van der Waals surface area (Å²) in [5.41, 5.74) is 5.07. The number of nitrogens with zero attached hydrogens (tertiary/aromatic N) is 6. The highest BCUT2D eigenvalue weighted by Gasteiger charge is 2.19. The Labute approximate surface area is 215 Å². The summed E-state index contributed by atoms with van der Waals surface area (Å²) in [6, 6.07) is 14.1. The molecule has 186 valence electrons. The van der Waals surface area contributed by atoms with Crippen LogP contribution < -0.4 is 9.47 Å². The summed E-state index contributed by atoms with van der Waals surface area (Å²) in [4.78, 5) is 61.9. The summed E-state index contributed by atoms with van der Waals surface area (Å²) in [7, 11) is 0. The Bertz CT molecular complexity index is 2160. The van der Waals surface area contributed by atoms with Gasteiger partial charge in [0.15, 0.2) is 0 Å². The van der Waals surface area contributed by atoms with Gasteiger partial charge in [-0.1, -0.05) is 0 Å². The number of benzene rings is 4. The van der Waals surface area contributed by atoms with Gasteiger partial charge < -0.3 is 14.6 Å². The van der Waals surface area contributed by atoms with Crippen LogP contribution in [0.15, 0.2) is 54.6 Å². The number of carbonyl (C=O) groups excluding carboxylic acids is 2. The number of fused-ring (bicyclic) bond motifs is 9. The standard InChI is InChI=1S/C27H12N6O6/c34-10-38-13-2-5-16-19(8-13)33-26-22(29-16)24-21(28-15-4-1-12(27(36)37)7-18(15)31-24)25-23(26)30-17-6-3-14(39-11-35)9-20(17)32-25/h1-11H,(H,36,37). The highest BCUT2D eigenvalue weighted by molar-refractivity contribution is 6.21. The molecule has 7 rings (SSSR count). The van der Waals surface area contributed by atoms with Gasteiger partial charge in [0.2, 0.25) is 0 Å². The highest BCUT2D eigenvalue weighted by Crippen LogP contribution is 2.34. The van der Waals surface area contributed by atoms with Crippen LogP contribution in [0.2, 0.25) is 0 Å². The highest BCUT2D eigenvalue weighted by atomic mass is 16.5. The number of carbonyl (C=O) groups is 3. The Morgan fingerprint density at radius 1 is 0.538 bits per heavy atom. The third-order valence-corrected chi connectivity index (χ3v) is 6.22. The summed E-state index contributed by atoms with van der Waals surface area (Å²) in [6.45, 7) is 0.648. The van der Waals surface area contributed by atoms with Crippen LogP contribution in [0.5, 0.6) is 11.5 Å². The lowest BCUT2D eigenvalue weighted by atomic mass is 10.1. The molecule has 0 aliphatic rings. The van der Waals surface area contributed by atoms with E-state index < -0.39 is 5.97 Å². The Morgan fingerprint density at radius 3 is 1.28 bits per heavy atom. The van der Waals surface area contributed by atoms with E-state index in [9.17, 15) is 19.5 Å². The van der Waals surface area contributed by atoms with Gasteiger partial charge in [-0.2, -0.15) is 0 Å². The van der Waals surface area contributed by atoms with E-state index in [1.165, 1.54) is 12.1 Å². The molecule has 0 amide bonds. The predicted octanol–water partition coefficient (Wildman–Crippen LogP) is 3.74. The molecule has 0 atom stereocenters. The first-order valence-corrected chi connectivity index (χ1v) is 11.4. The molecule has 39 heavy (non-hydrogen) atoms. The Hall–Kier alpha value is -5.91. The zero-order chi connectivity index (χ0) is 26.7. The van der Waals surface area contributed by atoms with E-state index >= 15 is 0 Å². The normalized spacial score (nSPS) is 11.5. The lowest BCUT2D eigenvalue weighted by Crippen LogP contribution is -2.01. The van der Waals surface area contributed by atoms with E-state index in [1.807, 2.05) is 0 Å². The van der Waals surface area contributed by atoms with Crippen LogP contribution in [0.1, 0.15) is 10.4 Å². The smallest absolute Gasteiger partial charge is 0.335 e. The summed E-state index contributed by atoms with van der Waals surface area (Å²) in [5.74, 6) is -0.503. The van der Waals surface area contributed by atoms with Gasteiger partial charge in [-0.15, -0.1) is 0 Å². The molecule has 1 N–H and O–H groups in total. The van der Waals surface area contributed by atoms with Crippen molar-refractivity contribution >= 4 is 85.1 Å². The van der Waals surface area contributed by atoms with Gasteiger partial charge in [-0.3, -0.25) is 9.59 Å². The van der Waals surface area contributed by atoms with Crippen molar-refractivity contribution in [2.75, 3.05) is 0 Å². The predicted molar refractivity (Wildman–Crippen MR) is 139 cm³/mol. The number of rotatable bonds is 5. The van der Waals surface area contributed by atoms with Crippen molar-refractivity contribution in [3.63, 3.8) is 0 Å². The van der Waals surface area contributed by atoms with E-state index in [4.69, 9.17) is 39.4 Å². The van der Waals surface area contributed by atoms with E-state index in [0.717, 1.165) is 0 Å². The van der Waals surface area contributed by atoms with Gasteiger partial charge in [0.25, 0.3) is 12.9 Å². The molecule has 0 unspecified atom stereocenters. The summed E-state index contributed by atoms with van der Waals surface area (Å²) < 4.78 is 9.94. The fourth-order valence-corrected chi connectivity index (χ4v) is 4.50. The lowest BCUT2D eigenvalue weighted by Gasteiger charge is -2.11. The fraction of sp³-hybridized carbons (Fsp3) is 0. The van der Waals surface area contributed by atoms with E-state index in [1.54, 1.807) is 42.5 Å². The zero-order valence-electron chi connectivity index (χ0n) is 19.5. The van der Waals surface area contributed by atoms with Crippen LogP contribution in [0.3, 0.4) is 0 Å². The summed E-state index contributed by atoms with van der Waals surface area (Å²) >= 11 is 0. The minimum Gasteiger partial charge on any atom is -0.478 e. The van der Waals surface area contributed by atoms with E-state index in [2.05, 4.69) is 0 Å². The number of hydrogen-bond acceptors (Lipinski definition) is 11. The number of hydrogen-bond donors (Lipinski definition) is 1. The van der Waals surface area contributed by atoms with Gasteiger partial charge in [-0.05, 0) is 42.5 Å². The van der Waals surface area contributed by atoms with Gasteiger partial charge in [0.1, 0.15) is 44.6 Å². The maximum Gasteiger partial charge on any atom is 0.335 e. The van der Waals surface area contributed by atoms with Crippen molar-refractivity contribution in [2.45, 2.75) is 0 Å². The molecule has 12 nitrogen and oxygen atoms in total. The largest absolute Gasteiger partial charge is 0.478 e. The first-order chi connectivity index (χ1) is 19.0. The summed E-state index contributed by atoms with van der Waals surface area (Å²) in [5, 5.41) is 9.46. The van der Waals surface area contributed by atoms with Gasteiger partial charge >= 0.3 is 5.97 Å². The molecule has 0 fully saturated rings. The fourth-order valence-electron chi connectivity index (χ4n) is 4.50. The van der Waals surface area contributed by atoms with Gasteiger partial charge in [0, 0.05) is 12.1 Å². The number of carboxylic acids is 1. The topological polar surface area (TPSA) is 167 Å². The summed E-state index contributed by atoms with van der Waals surface area (Å²) in [6.07, 6.45) is 0. The number of ether oxygens (including phenoxy) is 2. The monoisotopic (exact) mass is 516 g/mol. The molecule has 0 saturated heterocycles. The van der Waals surface area contributed by atoms with E-state index in [0.29, 0.717) is 90.6 Å². The van der Waals surface area contributed by atoms with Crippen molar-refractivity contribution in [3.8, 4) is 11.5 Å². The second-order valence-corrected chi connectivity index (χ2v) is 8.50. The van der Waals surface area contributed by atoms with Crippen LogP contribution >= 0.6 is 0 Å². The molecule has 3 aromatic heterocycles. The van der Waals surface area contributed by atoms with Crippen molar-refractivity contribution in [3.05, 3.63) is 60.2 Å². The Balaban J connectivity index is 1.66. The van der Waals surface area contributed by atoms with Gasteiger partial charge in [0.05, 0.1) is 38.7 Å². The second-order valence-electron chi connectivity index (χ2n) is 8.50. The average Bonchev–Trinajstić information content (AvgIpc) is 2.94. The molecular formula is C27H12N6O6. The van der Waals surface area contributed by atoms with Gasteiger partial charge in [-0.25, -0.2) is 34.7 Å². The van der Waals surface area contributed by atoms with Crippen molar-refractivity contribution in [1.82, 2.24) is 29.9 Å². The Kier molecular flexibility index (Phi) is 4.75. The SMILES string of the molecule is O=COc1ccc2nc3c4nc5cc(OC=O)ccc5nc4c4nc5cc(C(=O)O)ccc5nc4c3nc2c1. The average molecular weight is 516 g/mol. The van der Waals surface area contributed by atoms with Crippen LogP contribution in [0.25, 0.3) is 66.2 Å². The molecule has 12 heteroatoms. The number of carboxylic acid groups (broad SMARTS) is 1. The lowest BCUT2D eigenvalue weighted by molar-refractivity contribution is -0.121. The maximum absolute atomic E-state index is 11.6. The molecule has 0 spiro atoms. The van der Waals surface area contributed by atoms with Crippen LogP contribution in [-0.2, 0) is 9.59 Å². The molecule has 4 aromatic carbocycles. The zero-order valence-corrected chi connectivity index (χ0v) is 19.5. The van der Waals surface area contributed by atoms with Crippen molar-refractivity contribution in [2.24, 2.45) is 0 Å². The third-order valence-electron chi connectivity index (χ3n) is 6.22. The van der Waals surface area contributed by atoms with E-state index in [-0.39, 0.29) is 5.56 Å². The molecule has 0 bridgehead atoms. The van der Waals surface area contributed by atoms with Crippen molar-refractivity contribution in [1.29, 1.82) is 0 Å². The number of aromatic carboxylic acids is 1. The Morgan fingerprint density at radius 2 is 0.897 bits per heavy atom. The minimum atomic E-state index is -1.09.